The van der Waals surface area contributed by atoms with Gasteiger partial charge in [-0.25, -0.2) is 0 Å². The number of esters is 2. The van der Waals surface area contributed by atoms with Gasteiger partial charge < -0.3 is 9.47 Å². The molecule has 3 atom stereocenters. The molecule has 1 saturated heterocycles. The summed E-state index contributed by atoms with van der Waals surface area (Å²) in [6, 6.07) is 9.97. The van der Waals surface area contributed by atoms with E-state index in [9.17, 15) is 9.59 Å². The van der Waals surface area contributed by atoms with Gasteiger partial charge in [-0.15, -0.1) is 0 Å². The van der Waals surface area contributed by atoms with Gasteiger partial charge in [0.25, 0.3) is 0 Å². The van der Waals surface area contributed by atoms with Crippen LogP contribution >= 0.6 is 0 Å². The predicted molar refractivity (Wildman–Crippen MR) is 81.8 cm³/mol. The maximum absolute atomic E-state index is 12.3. The van der Waals surface area contributed by atoms with E-state index in [0.29, 0.717) is 12.8 Å². The molecule has 0 amide bonds. The summed E-state index contributed by atoms with van der Waals surface area (Å²) < 4.78 is 10.4. The van der Waals surface area contributed by atoms with E-state index in [0.717, 1.165) is 12.0 Å². The minimum atomic E-state index is -1.13. The van der Waals surface area contributed by atoms with Crippen LogP contribution in [-0.2, 0) is 19.1 Å². The summed E-state index contributed by atoms with van der Waals surface area (Å²) in [5.41, 5.74) is -0.604. The lowest BCUT2D eigenvalue weighted by atomic mass is 9.66. The van der Waals surface area contributed by atoms with Gasteiger partial charge in [-0.05, 0) is 31.2 Å². The Labute approximate surface area is 130 Å². The highest BCUT2D eigenvalue weighted by atomic mass is 16.6. The molecule has 116 valence electrons. The van der Waals surface area contributed by atoms with Gasteiger partial charge in [0.05, 0.1) is 7.11 Å². The van der Waals surface area contributed by atoms with Crippen molar-refractivity contribution in [2.24, 2.45) is 11.3 Å². The van der Waals surface area contributed by atoms with Crippen LogP contribution in [0.15, 0.2) is 36.4 Å². The molecule has 22 heavy (non-hydrogen) atoms. The van der Waals surface area contributed by atoms with Gasteiger partial charge in [0.2, 0.25) is 0 Å². The normalized spacial score (nSPS) is 33.7. The first-order valence-corrected chi connectivity index (χ1v) is 7.53. The third-order valence-electron chi connectivity index (χ3n) is 4.65. The average molecular weight is 300 g/mol. The van der Waals surface area contributed by atoms with Crippen molar-refractivity contribution in [1.29, 1.82) is 0 Å². The van der Waals surface area contributed by atoms with Crippen molar-refractivity contribution < 1.29 is 19.1 Å². The molecule has 1 aromatic carbocycles. The van der Waals surface area contributed by atoms with Crippen molar-refractivity contribution in [3.8, 4) is 0 Å². The maximum atomic E-state index is 12.3. The second kappa shape index (κ2) is 5.27. The summed E-state index contributed by atoms with van der Waals surface area (Å²) >= 11 is 0. The topological polar surface area (TPSA) is 52.6 Å². The fraction of sp³-hybridized carbons (Fsp3) is 0.444. The Morgan fingerprint density at radius 2 is 2.05 bits per heavy atom. The molecule has 3 rings (SSSR count). The average Bonchev–Trinajstić information content (AvgIpc) is 2.70. The van der Waals surface area contributed by atoms with Crippen LogP contribution < -0.4 is 0 Å². The summed E-state index contributed by atoms with van der Waals surface area (Å²) in [5, 5.41) is 0. The highest BCUT2D eigenvalue weighted by Gasteiger charge is 2.64. The molecule has 0 radical (unpaired) electrons. The molecule has 2 fully saturated rings. The Kier molecular flexibility index (Phi) is 3.55. The second-order valence-corrected chi connectivity index (χ2v) is 6.53. The molecule has 0 unspecified atom stereocenters. The molecule has 0 spiro atoms. The van der Waals surface area contributed by atoms with Gasteiger partial charge >= 0.3 is 11.9 Å². The van der Waals surface area contributed by atoms with E-state index in [4.69, 9.17) is 9.47 Å². The van der Waals surface area contributed by atoms with Gasteiger partial charge in [-0.1, -0.05) is 42.5 Å². The van der Waals surface area contributed by atoms with Crippen LogP contribution in [0, 0.1) is 11.3 Å². The van der Waals surface area contributed by atoms with Crippen LogP contribution in [0.5, 0.6) is 0 Å². The molecule has 4 heteroatoms. The van der Waals surface area contributed by atoms with Crippen LogP contribution in [0.3, 0.4) is 0 Å². The third-order valence-corrected chi connectivity index (χ3v) is 4.65. The number of rotatable bonds is 3. The Morgan fingerprint density at radius 3 is 2.73 bits per heavy atom. The van der Waals surface area contributed by atoms with E-state index in [1.54, 1.807) is 0 Å². The first-order chi connectivity index (χ1) is 10.5. The van der Waals surface area contributed by atoms with Crippen LogP contribution in [0.25, 0.3) is 6.08 Å². The highest BCUT2D eigenvalue weighted by Crippen LogP contribution is 2.53. The first-order valence-electron chi connectivity index (χ1n) is 7.53. The van der Waals surface area contributed by atoms with E-state index in [2.05, 4.69) is 6.08 Å². The van der Waals surface area contributed by atoms with Crippen molar-refractivity contribution in [3.05, 3.63) is 42.0 Å². The van der Waals surface area contributed by atoms with Gasteiger partial charge in [0, 0.05) is 6.42 Å². The number of benzene rings is 1. The van der Waals surface area contributed by atoms with E-state index < -0.39 is 23.0 Å². The molecule has 2 aliphatic rings. The van der Waals surface area contributed by atoms with Crippen LogP contribution in [0.2, 0.25) is 0 Å². The van der Waals surface area contributed by atoms with Crippen LogP contribution in [0.4, 0.5) is 0 Å². The molecule has 1 aromatic rings. The van der Waals surface area contributed by atoms with Crippen molar-refractivity contribution in [2.45, 2.75) is 31.8 Å². The SMILES string of the molecule is COC(=O)[C@@]12C[C@@H](/C=C/c3ccccc3)C[C@@](C)(C1)OC2=O. The lowest BCUT2D eigenvalue weighted by Gasteiger charge is -2.34. The zero-order valence-corrected chi connectivity index (χ0v) is 12.9. The van der Waals surface area contributed by atoms with Gasteiger partial charge in [0.15, 0.2) is 5.41 Å². The summed E-state index contributed by atoms with van der Waals surface area (Å²) in [6.45, 7) is 1.90. The Balaban J connectivity index is 1.85. The largest absolute Gasteiger partial charge is 0.468 e. The minimum Gasteiger partial charge on any atom is -0.468 e. The number of hydrogen-bond donors (Lipinski definition) is 0. The smallest absolute Gasteiger partial charge is 0.324 e. The van der Waals surface area contributed by atoms with E-state index in [-0.39, 0.29) is 5.92 Å². The summed E-state index contributed by atoms with van der Waals surface area (Å²) in [5.74, 6) is -0.791. The van der Waals surface area contributed by atoms with Gasteiger partial charge in [-0.2, -0.15) is 0 Å². The number of hydrogen-bond acceptors (Lipinski definition) is 4. The molecule has 0 N–H and O–H groups in total. The van der Waals surface area contributed by atoms with Crippen LogP contribution in [0.1, 0.15) is 31.7 Å². The summed E-state index contributed by atoms with van der Waals surface area (Å²) in [6.07, 6.45) is 5.72. The van der Waals surface area contributed by atoms with Gasteiger partial charge in [-0.3, -0.25) is 9.59 Å². The third kappa shape index (κ3) is 2.43. The molecule has 1 aliphatic heterocycles. The molecule has 0 aromatic heterocycles. The van der Waals surface area contributed by atoms with E-state index in [1.165, 1.54) is 7.11 Å². The second-order valence-electron chi connectivity index (χ2n) is 6.53. The molecular formula is C18H20O4. The quantitative estimate of drug-likeness (QED) is 0.636. The zero-order valence-electron chi connectivity index (χ0n) is 12.9. The molecular weight excluding hydrogens is 280 g/mol. The van der Waals surface area contributed by atoms with Crippen molar-refractivity contribution in [1.82, 2.24) is 0 Å². The molecule has 1 saturated carbocycles. The Hall–Kier alpha value is -2.10. The van der Waals surface area contributed by atoms with Gasteiger partial charge in [0.1, 0.15) is 5.60 Å². The lowest BCUT2D eigenvalue weighted by Crippen LogP contribution is -2.42. The molecule has 4 nitrogen and oxygen atoms in total. The number of fused-ring (bicyclic) bond motifs is 2. The Bertz CT molecular complexity index is 621. The van der Waals surface area contributed by atoms with Crippen molar-refractivity contribution in [3.63, 3.8) is 0 Å². The number of carbonyl (C=O) groups excluding carboxylic acids is 2. The molecule has 2 bridgehead atoms. The van der Waals surface area contributed by atoms with Crippen LogP contribution in [-0.4, -0.2) is 24.6 Å². The number of ether oxygens (including phenoxy) is 2. The maximum Gasteiger partial charge on any atom is 0.324 e. The van der Waals surface area contributed by atoms with E-state index >= 15 is 0 Å². The molecule has 1 aliphatic carbocycles. The first kappa shape index (κ1) is 14.8. The highest BCUT2D eigenvalue weighted by molar-refractivity contribution is 6.02. The predicted octanol–water partition coefficient (Wildman–Crippen LogP) is 2.97. The van der Waals surface area contributed by atoms with Crippen molar-refractivity contribution in [2.75, 3.05) is 7.11 Å². The van der Waals surface area contributed by atoms with E-state index in [1.807, 2.05) is 43.3 Å². The number of allylic oxidation sites excluding steroid dienone is 1. The Morgan fingerprint density at radius 1 is 1.32 bits per heavy atom. The lowest BCUT2D eigenvalue weighted by molar-refractivity contribution is -0.163. The monoisotopic (exact) mass is 300 g/mol. The zero-order chi connectivity index (χ0) is 15.8. The van der Waals surface area contributed by atoms with Crippen molar-refractivity contribution >= 4 is 18.0 Å². The minimum absolute atomic E-state index is 0.115. The molecule has 1 heterocycles. The summed E-state index contributed by atoms with van der Waals surface area (Å²) in [4.78, 5) is 24.4. The number of methoxy groups -OCH3 is 1. The number of carbonyl (C=O) groups is 2. The standard InChI is InChI=1S/C18H20O4/c1-17-10-14(9-8-13-6-4-3-5-7-13)11-18(12-17,15(19)21-2)16(20)22-17/h3-9,14H,10-12H2,1-2H3/b9-8+/t14-,17-,18+/m0/s1. The fourth-order valence-corrected chi connectivity index (χ4v) is 3.79. The fourth-order valence-electron chi connectivity index (χ4n) is 3.79. The summed E-state index contributed by atoms with van der Waals surface area (Å²) in [7, 11) is 1.32.